The third-order valence-corrected chi connectivity index (χ3v) is 3.45. The Balaban J connectivity index is 1.88. The first-order chi connectivity index (χ1) is 12.7. The van der Waals surface area contributed by atoms with E-state index in [4.69, 9.17) is 9.47 Å². The topological polar surface area (TPSA) is 30.8 Å². The van der Waals surface area contributed by atoms with Crippen molar-refractivity contribution in [2.24, 2.45) is 4.99 Å². The molecule has 0 radical (unpaired) electrons. The van der Waals surface area contributed by atoms with E-state index in [9.17, 15) is 4.39 Å². The fourth-order valence-electron chi connectivity index (χ4n) is 2.16. The molecule has 0 saturated carbocycles. The molecule has 0 unspecified atom stereocenters. The number of aliphatic imine (C=N–C) groups is 1. The smallest absolute Gasteiger partial charge is 0.225 e. The van der Waals surface area contributed by atoms with Crippen LogP contribution in [0.1, 0.15) is 6.92 Å². The van der Waals surface area contributed by atoms with Gasteiger partial charge in [-0.1, -0.05) is 42.5 Å². The molecule has 0 saturated heterocycles. The van der Waals surface area contributed by atoms with E-state index in [2.05, 4.69) is 4.99 Å². The molecule has 3 nitrogen and oxygen atoms in total. The molecule has 0 N–H and O–H groups in total. The van der Waals surface area contributed by atoms with Gasteiger partial charge in [-0.3, -0.25) is 0 Å². The molecule has 130 valence electrons. The highest BCUT2D eigenvalue weighted by Crippen LogP contribution is 2.19. The number of rotatable bonds is 5. The predicted molar refractivity (Wildman–Crippen MR) is 101 cm³/mol. The van der Waals surface area contributed by atoms with Crippen molar-refractivity contribution in [3.63, 3.8) is 0 Å². The first-order valence-corrected chi connectivity index (χ1v) is 8.17. The van der Waals surface area contributed by atoms with Crippen molar-refractivity contribution in [2.45, 2.75) is 6.92 Å². The summed E-state index contributed by atoms with van der Waals surface area (Å²) in [5, 5.41) is 0. The summed E-state index contributed by atoms with van der Waals surface area (Å²) >= 11 is 0. The van der Waals surface area contributed by atoms with Crippen molar-refractivity contribution in [1.29, 1.82) is 0 Å². The quantitative estimate of drug-likeness (QED) is 0.326. The Morgan fingerprint density at radius 3 is 2.15 bits per heavy atom. The molecule has 3 aromatic carbocycles. The van der Waals surface area contributed by atoms with Crippen LogP contribution >= 0.6 is 0 Å². The molecular formula is C22H18FNO2. The van der Waals surface area contributed by atoms with Gasteiger partial charge in [0.2, 0.25) is 5.90 Å². The maximum Gasteiger partial charge on any atom is 0.225 e. The van der Waals surface area contributed by atoms with Crippen LogP contribution in [0.25, 0.3) is 0 Å². The fraction of sp³-hybridized carbons (Fsp3) is 0.0455. The second-order valence-corrected chi connectivity index (χ2v) is 5.54. The highest BCUT2D eigenvalue weighted by Gasteiger charge is 2.08. The summed E-state index contributed by atoms with van der Waals surface area (Å²) in [5.41, 5.74) is 1.13. The molecule has 0 amide bonds. The zero-order chi connectivity index (χ0) is 18.2. The van der Waals surface area contributed by atoms with Crippen molar-refractivity contribution in [3.8, 4) is 11.5 Å². The normalized spacial score (nSPS) is 11.9. The van der Waals surface area contributed by atoms with Crippen molar-refractivity contribution >= 4 is 11.6 Å². The van der Waals surface area contributed by atoms with Crippen LogP contribution in [0.2, 0.25) is 0 Å². The Kier molecular flexibility index (Phi) is 5.78. The predicted octanol–water partition coefficient (Wildman–Crippen LogP) is 5.92. The van der Waals surface area contributed by atoms with Crippen LogP contribution in [0.4, 0.5) is 10.1 Å². The molecule has 0 bridgehead atoms. The van der Waals surface area contributed by atoms with Gasteiger partial charge < -0.3 is 9.47 Å². The molecule has 0 aromatic heterocycles. The lowest BCUT2D eigenvalue weighted by Gasteiger charge is -2.10. The standard InChI is InChI=1S/C22H18FNO2/c1-17(16-25-20-11-4-2-5-12-20)22(26-21-13-6-3-7-14-21)24-19-10-8-9-18(23)15-19/h2-16H,1H3/b17-16+,24-22+. The van der Waals surface area contributed by atoms with E-state index < -0.39 is 0 Å². The average Bonchev–Trinajstić information content (AvgIpc) is 2.67. The van der Waals surface area contributed by atoms with Gasteiger partial charge in [0.15, 0.2) is 0 Å². The van der Waals surface area contributed by atoms with Gasteiger partial charge >= 0.3 is 0 Å². The van der Waals surface area contributed by atoms with Crippen LogP contribution in [-0.2, 0) is 0 Å². The number of nitrogens with zero attached hydrogens (tertiary/aromatic N) is 1. The van der Waals surface area contributed by atoms with Crippen LogP contribution in [0, 0.1) is 5.82 Å². The van der Waals surface area contributed by atoms with Gasteiger partial charge in [0, 0.05) is 5.57 Å². The summed E-state index contributed by atoms with van der Waals surface area (Å²) in [7, 11) is 0. The second kappa shape index (κ2) is 8.62. The van der Waals surface area contributed by atoms with Gasteiger partial charge in [0.1, 0.15) is 17.3 Å². The molecule has 0 spiro atoms. The molecule has 26 heavy (non-hydrogen) atoms. The monoisotopic (exact) mass is 347 g/mol. The van der Waals surface area contributed by atoms with Crippen LogP contribution in [0.5, 0.6) is 11.5 Å². The largest absolute Gasteiger partial charge is 0.465 e. The Bertz CT molecular complexity index is 906. The first-order valence-electron chi connectivity index (χ1n) is 8.17. The van der Waals surface area contributed by atoms with Crippen LogP contribution < -0.4 is 9.47 Å². The lowest BCUT2D eigenvalue weighted by atomic mass is 10.3. The first kappa shape index (κ1) is 17.4. The van der Waals surface area contributed by atoms with E-state index in [0.717, 1.165) is 0 Å². The van der Waals surface area contributed by atoms with E-state index in [1.807, 2.05) is 67.6 Å². The van der Waals surface area contributed by atoms with Crippen molar-refractivity contribution < 1.29 is 13.9 Å². The summed E-state index contributed by atoms with van der Waals surface area (Å²) in [6.07, 6.45) is 1.57. The maximum absolute atomic E-state index is 13.5. The van der Waals surface area contributed by atoms with Gasteiger partial charge in [-0.05, 0) is 49.4 Å². The molecule has 0 heterocycles. The SMILES string of the molecule is CC(=C\Oc1ccccc1)/C(=N\c1cccc(F)c1)Oc1ccccc1. The highest BCUT2D eigenvalue weighted by atomic mass is 19.1. The van der Waals surface area contributed by atoms with Crippen molar-refractivity contribution in [2.75, 3.05) is 0 Å². The summed E-state index contributed by atoms with van der Waals surface area (Å²) in [6, 6.07) is 24.7. The fourth-order valence-corrected chi connectivity index (χ4v) is 2.16. The van der Waals surface area contributed by atoms with Gasteiger partial charge in [0.05, 0.1) is 11.9 Å². The Labute approximate surface area is 152 Å². The van der Waals surface area contributed by atoms with Gasteiger partial charge in [-0.25, -0.2) is 9.38 Å². The van der Waals surface area contributed by atoms with Crippen LogP contribution in [0.3, 0.4) is 0 Å². The summed E-state index contributed by atoms with van der Waals surface area (Å²) in [6.45, 7) is 1.82. The molecular weight excluding hydrogens is 329 g/mol. The number of benzene rings is 3. The molecule has 0 atom stereocenters. The van der Waals surface area contributed by atoms with Gasteiger partial charge in [0.25, 0.3) is 0 Å². The molecule has 0 aliphatic rings. The third kappa shape index (κ3) is 5.05. The summed E-state index contributed by atoms with van der Waals surface area (Å²) in [4.78, 5) is 4.43. The lowest BCUT2D eigenvalue weighted by Crippen LogP contribution is -2.10. The highest BCUT2D eigenvalue weighted by molar-refractivity contribution is 5.96. The molecule has 0 fully saturated rings. The van der Waals surface area contributed by atoms with Crippen LogP contribution in [-0.4, -0.2) is 5.90 Å². The van der Waals surface area contributed by atoms with Crippen LogP contribution in [0.15, 0.2) is 102 Å². The number of ether oxygens (including phenoxy) is 2. The zero-order valence-electron chi connectivity index (χ0n) is 14.3. The molecule has 0 aliphatic carbocycles. The minimum Gasteiger partial charge on any atom is -0.465 e. The minimum atomic E-state index is -0.354. The minimum absolute atomic E-state index is 0.331. The van der Waals surface area contributed by atoms with Crippen molar-refractivity contribution in [1.82, 2.24) is 0 Å². The Morgan fingerprint density at radius 1 is 0.846 bits per heavy atom. The van der Waals surface area contributed by atoms with E-state index in [1.54, 1.807) is 18.4 Å². The van der Waals surface area contributed by atoms with E-state index in [0.29, 0.717) is 28.7 Å². The number of halogens is 1. The molecule has 3 rings (SSSR count). The maximum atomic E-state index is 13.5. The van der Waals surface area contributed by atoms with E-state index in [-0.39, 0.29) is 5.82 Å². The zero-order valence-corrected chi connectivity index (χ0v) is 14.3. The van der Waals surface area contributed by atoms with Gasteiger partial charge in [-0.2, -0.15) is 0 Å². The third-order valence-electron chi connectivity index (χ3n) is 3.45. The second-order valence-electron chi connectivity index (χ2n) is 5.54. The number of para-hydroxylation sites is 2. The molecule has 0 aliphatic heterocycles. The van der Waals surface area contributed by atoms with E-state index in [1.165, 1.54) is 12.1 Å². The summed E-state index contributed by atoms with van der Waals surface area (Å²) in [5.74, 6) is 1.32. The molecule has 4 heteroatoms. The Hall–Kier alpha value is -3.40. The number of hydrogen-bond acceptors (Lipinski definition) is 3. The van der Waals surface area contributed by atoms with Gasteiger partial charge in [-0.15, -0.1) is 0 Å². The Morgan fingerprint density at radius 2 is 1.50 bits per heavy atom. The molecule has 3 aromatic rings. The van der Waals surface area contributed by atoms with Crippen molar-refractivity contribution in [3.05, 3.63) is 103 Å². The summed E-state index contributed by atoms with van der Waals surface area (Å²) < 4.78 is 25.0. The average molecular weight is 347 g/mol. The van der Waals surface area contributed by atoms with E-state index >= 15 is 0 Å². The number of hydrogen-bond donors (Lipinski definition) is 0. The lowest BCUT2D eigenvalue weighted by molar-refractivity contribution is 0.473.